The maximum atomic E-state index is 12.6. The summed E-state index contributed by atoms with van der Waals surface area (Å²) in [6.07, 6.45) is 8.96. The quantitative estimate of drug-likeness (QED) is 0.384. The fourth-order valence-corrected chi connectivity index (χ4v) is 4.47. The average Bonchev–Trinajstić information content (AvgIpc) is 3.25. The van der Waals surface area contributed by atoms with Crippen LogP contribution >= 0.6 is 11.6 Å². The first kappa shape index (κ1) is 21.2. The van der Waals surface area contributed by atoms with Crippen LogP contribution in [-0.2, 0) is 0 Å². The van der Waals surface area contributed by atoms with Crippen LogP contribution in [0.5, 0.6) is 0 Å². The van der Waals surface area contributed by atoms with E-state index in [4.69, 9.17) is 22.3 Å². The second-order valence-electron chi connectivity index (χ2n) is 8.28. The number of hydrogen-bond donors (Lipinski definition) is 3. The van der Waals surface area contributed by atoms with E-state index in [0.29, 0.717) is 27.9 Å². The second-order valence-corrected chi connectivity index (χ2v) is 8.69. The highest BCUT2D eigenvalue weighted by Crippen LogP contribution is 2.30. The Balaban J connectivity index is 1.29. The number of aromatic nitrogens is 4. The minimum atomic E-state index is -0.0845. The van der Waals surface area contributed by atoms with Crippen LogP contribution in [0.3, 0.4) is 0 Å². The molecule has 2 unspecified atom stereocenters. The molecule has 1 aliphatic carbocycles. The zero-order valence-corrected chi connectivity index (χ0v) is 18.7. The van der Waals surface area contributed by atoms with Gasteiger partial charge in [0.15, 0.2) is 0 Å². The van der Waals surface area contributed by atoms with Crippen LogP contribution in [0.4, 0.5) is 11.6 Å². The number of fused-ring (bicyclic) bond motifs is 1. The van der Waals surface area contributed by atoms with Crippen molar-refractivity contribution in [3.05, 3.63) is 71.6 Å². The number of nitrogens with zero attached hydrogens (tertiary/aromatic N) is 4. The number of nitrogen functional groups attached to an aromatic ring is 1. The van der Waals surface area contributed by atoms with E-state index in [2.05, 4.69) is 20.7 Å². The van der Waals surface area contributed by atoms with Crippen molar-refractivity contribution in [2.24, 2.45) is 0 Å². The third-order valence-corrected chi connectivity index (χ3v) is 6.22. The molecule has 4 aromatic rings. The number of rotatable bonds is 5. The van der Waals surface area contributed by atoms with Crippen molar-refractivity contribution in [3.63, 3.8) is 0 Å². The van der Waals surface area contributed by atoms with Gasteiger partial charge >= 0.3 is 0 Å². The summed E-state index contributed by atoms with van der Waals surface area (Å²) in [5.74, 6) is 0.430. The molecule has 1 aliphatic rings. The van der Waals surface area contributed by atoms with E-state index in [1.165, 1.54) is 0 Å². The minimum Gasteiger partial charge on any atom is -0.399 e. The molecule has 168 valence electrons. The molecule has 1 amide bonds. The third kappa shape index (κ3) is 4.61. The fraction of sp³-hybridized carbons (Fsp3) is 0.250. The molecule has 4 N–H and O–H groups in total. The molecule has 2 atom stereocenters. The summed E-state index contributed by atoms with van der Waals surface area (Å²) in [5, 5.41) is 11.4. The SMILES string of the molecule is Nc1ccc(C(=O)NC2CCCC(Nc3ncc(Cl)c(-c4cnn5ccccc45)n3)C2)cc1. The molecule has 33 heavy (non-hydrogen) atoms. The lowest BCUT2D eigenvalue weighted by Gasteiger charge is -2.30. The Morgan fingerprint density at radius 1 is 1.09 bits per heavy atom. The van der Waals surface area contributed by atoms with E-state index < -0.39 is 0 Å². The number of hydrogen-bond acceptors (Lipinski definition) is 6. The molecule has 0 radical (unpaired) electrons. The predicted molar refractivity (Wildman–Crippen MR) is 129 cm³/mol. The summed E-state index contributed by atoms with van der Waals surface area (Å²) >= 11 is 6.43. The summed E-state index contributed by atoms with van der Waals surface area (Å²) in [6.45, 7) is 0. The average molecular weight is 462 g/mol. The van der Waals surface area contributed by atoms with Crippen LogP contribution in [0.1, 0.15) is 36.0 Å². The lowest BCUT2D eigenvalue weighted by Crippen LogP contribution is -2.42. The van der Waals surface area contributed by atoms with Crippen molar-refractivity contribution in [1.82, 2.24) is 24.9 Å². The van der Waals surface area contributed by atoms with Crippen LogP contribution < -0.4 is 16.4 Å². The maximum absolute atomic E-state index is 12.6. The van der Waals surface area contributed by atoms with Gasteiger partial charge in [0, 0.05) is 35.1 Å². The lowest BCUT2D eigenvalue weighted by atomic mass is 9.91. The van der Waals surface area contributed by atoms with Gasteiger partial charge in [-0.1, -0.05) is 17.7 Å². The standard InChI is InChI=1S/C24H24ClN7O/c25-20-14-27-24(31-22(20)19-13-28-32-11-2-1-6-21(19)32)30-18-5-3-4-17(12-18)29-23(33)15-7-9-16(26)10-8-15/h1-2,6-11,13-14,17-18H,3-5,12,26H2,(H,29,33)(H,27,30,31). The molecule has 0 spiro atoms. The molecule has 9 heteroatoms. The lowest BCUT2D eigenvalue weighted by molar-refractivity contribution is 0.0926. The number of carbonyl (C=O) groups is 1. The molecule has 3 heterocycles. The van der Waals surface area contributed by atoms with Crippen LogP contribution in [0.15, 0.2) is 61.1 Å². The van der Waals surface area contributed by atoms with Gasteiger partial charge in [-0.15, -0.1) is 0 Å². The summed E-state index contributed by atoms with van der Waals surface area (Å²) in [4.78, 5) is 21.7. The first-order chi connectivity index (χ1) is 16.1. The number of halogens is 1. The molecule has 0 saturated heterocycles. The molecular formula is C24H24ClN7O. The van der Waals surface area contributed by atoms with Crippen molar-refractivity contribution in [2.45, 2.75) is 37.8 Å². The number of benzene rings is 1. The number of nitrogens with two attached hydrogens (primary N) is 1. The Hall–Kier alpha value is -3.65. The van der Waals surface area contributed by atoms with E-state index in [9.17, 15) is 4.79 Å². The van der Waals surface area contributed by atoms with E-state index >= 15 is 0 Å². The molecule has 3 aromatic heterocycles. The summed E-state index contributed by atoms with van der Waals surface area (Å²) in [7, 11) is 0. The summed E-state index contributed by atoms with van der Waals surface area (Å²) < 4.78 is 1.79. The Bertz CT molecular complexity index is 1290. The van der Waals surface area contributed by atoms with Crippen LogP contribution in [0.2, 0.25) is 5.02 Å². The molecule has 0 bridgehead atoms. The normalized spacial score (nSPS) is 18.2. The van der Waals surface area contributed by atoms with Gasteiger partial charge in [-0.25, -0.2) is 14.5 Å². The van der Waals surface area contributed by atoms with Gasteiger partial charge in [0.05, 0.1) is 28.6 Å². The number of amides is 1. The molecule has 0 aliphatic heterocycles. The predicted octanol–water partition coefficient (Wildman–Crippen LogP) is 4.18. The van der Waals surface area contributed by atoms with Gasteiger partial charge in [-0.2, -0.15) is 5.10 Å². The van der Waals surface area contributed by atoms with Gasteiger partial charge < -0.3 is 16.4 Å². The van der Waals surface area contributed by atoms with Crippen molar-refractivity contribution in [2.75, 3.05) is 11.1 Å². The van der Waals surface area contributed by atoms with Crippen molar-refractivity contribution in [3.8, 4) is 11.3 Å². The Labute approximate surface area is 196 Å². The third-order valence-electron chi connectivity index (χ3n) is 5.94. The molecule has 5 rings (SSSR count). The fourth-order valence-electron chi connectivity index (χ4n) is 4.28. The largest absolute Gasteiger partial charge is 0.399 e. The second kappa shape index (κ2) is 9.07. The summed E-state index contributed by atoms with van der Waals surface area (Å²) in [6, 6.07) is 13.0. The minimum absolute atomic E-state index is 0.0766. The van der Waals surface area contributed by atoms with Crippen molar-refractivity contribution in [1.29, 1.82) is 0 Å². The van der Waals surface area contributed by atoms with E-state index in [-0.39, 0.29) is 18.0 Å². The van der Waals surface area contributed by atoms with Gasteiger partial charge in [0.2, 0.25) is 5.95 Å². The Morgan fingerprint density at radius 3 is 2.76 bits per heavy atom. The zero-order valence-electron chi connectivity index (χ0n) is 17.9. The molecule has 1 aromatic carbocycles. The first-order valence-electron chi connectivity index (χ1n) is 10.9. The van der Waals surface area contributed by atoms with Gasteiger partial charge in [-0.3, -0.25) is 4.79 Å². The number of pyridine rings is 1. The van der Waals surface area contributed by atoms with Gasteiger partial charge in [0.25, 0.3) is 5.91 Å². The van der Waals surface area contributed by atoms with E-state index in [1.54, 1.807) is 41.2 Å². The number of nitrogens with one attached hydrogen (secondary N) is 2. The van der Waals surface area contributed by atoms with Crippen LogP contribution in [0.25, 0.3) is 16.8 Å². The van der Waals surface area contributed by atoms with Crippen molar-refractivity contribution < 1.29 is 4.79 Å². The Kier molecular flexibility index (Phi) is 5.83. The van der Waals surface area contributed by atoms with E-state index in [0.717, 1.165) is 36.8 Å². The zero-order chi connectivity index (χ0) is 22.8. The van der Waals surface area contributed by atoms with Gasteiger partial charge in [0.1, 0.15) is 0 Å². The monoisotopic (exact) mass is 461 g/mol. The number of carbonyl (C=O) groups excluding carboxylic acids is 1. The summed E-state index contributed by atoms with van der Waals surface area (Å²) in [5.41, 5.74) is 9.38. The first-order valence-corrected chi connectivity index (χ1v) is 11.3. The molecular weight excluding hydrogens is 438 g/mol. The highest BCUT2D eigenvalue weighted by atomic mass is 35.5. The van der Waals surface area contributed by atoms with Crippen LogP contribution in [0, 0.1) is 0 Å². The Morgan fingerprint density at radius 2 is 1.91 bits per heavy atom. The van der Waals surface area contributed by atoms with Gasteiger partial charge in [-0.05, 0) is 62.1 Å². The molecule has 1 saturated carbocycles. The van der Waals surface area contributed by atoms with Crippen LogP contribution in [-0.4, -0.2) is 37.6 Å². The molecule has 1 fully saturated rings. The topological polar surface area (TPSA) is 110 Å². The maximum Gasteiger partial charge on any atom is 0.251 e. The smallest absolute Gasteiger partial charge is 0.251 e. The van der Waals surface area contributed by atoms with Crippen molar-refractivity contribution >= 4 is 34.7 Å². The highest BCUT2D eigenvalue weighted by molar-refractivity contribution is 6.33. The number of anilines is 2. The van der Waals surface area contributed by atoms with E-state index in [1.807, 2.05) is 24.4 Å². The highest BCUT2D eigenvalue weighted by Gasteiger charge is 2.24. The molecule has 8 nitrogen and oxygen atoms in total.